The highest BCUT2D eigenvalue weighted by Crippen LogP contribution is 2.10. The van der Waals surface area contributed by atoms with E-state index in [4.69, 9.17) is 5.26 Å². The monoisotopic (exact) mass is 126 g/mol. The molecule has 0 atom stereocenters. The fraction of sp³-hybridized carbons (Fsp3) is 0. The minimum absolute atomic E-state index is 0.0787. The molecule has 0 bridgehead atoms. The van der Waals surface area contributed by atoms with E-state index in [-0.39, 0.29) is 5.56 Å². The van der Waals surface area contributed by atoms with Crippen LogP contribution in [0.3, 0.4) is 0 Å². The van der Waals surface area contributed by atoms with Crippen LogP contribution in [0.15, 0.2) is 6.07 Å². The quantitative estimate of drug-likeness (QED) is 0.517. The fourth-order valence-electron chi connectivity index (χ4n) is 0.328. The van der Waals surface area contributed by atoms with Crippen LogP contribution < -0.4 is 0 Å². The van der Waals surface area contributed by atoms with Gasteiger partial charge in [-0.1, -0.05) is 0 Å². The Kier molecular flexibility index (Phi) is 1.27. The van der Waals surface area contributed by atoms with Gasteiger partial charge in [-0.2, -0.15) is 9.65 Å². The summed E-state index contributed by atoms with van der Waals surface area (Å²) in [5.74, 6) is 0. The van der Waals surface area contributed by atoms with Gasteiger partial charge in [0.2, 0.25) is 0 Å². The first-order valence-corrected chi connectivity index (χ1v) is 2.71. The minimum Gasteiger partial charge on any atom is -0.194 e. The molecule has 1 nitrogen and oxygen atoms in total. The van der Waals surface area contributed by atoms with Crippen molar-refractivity contribution in [3.8, 4) is 6.07 Å². The summed E-state index contributed by atoms with van der Waals surface area (Å²) in [5.41, 5.74) is 0.0787. The largest absolute Gasteiger partial charge is 0.194 e. The molecular formula is C5HFNS. The van der Waals surface area contributed by atoms with Gasteiger partial charge in [-0.3, -0.25) is 0 Å². The average Bonchev–Trinajstić information content (AvgIpc) is 2.14. The Hall–Kier alpha value is -0.880. The van der Waals surface area contributed by atoms with Crippen molar-refractivity contribution in [2.45, 2.75) is 0 Å². The minimum atomic E-state index is -0.451. The second-order valence-electron chi connectivity index (χ2n) is 1.16. The van der Waals surface area contributed by atoms with Crippen molar-refractivity contribution in [2.75, 3.05) is 0 Å². The summed E-state index contributed by atoms with van der Waals surface area (Å²) in [6.45, 7) is 0. The lowest BCUT2D eigenvalue weighted by Gasteiger charge is -1.71. The van der Waals surface area contributed by atoms with Crippen LogP contribution >= 0.6 is 11.3 Å². The lowest BCUT2D eigenvalue weighted by atomic mass is 10.4. The summed E-state index contributed by atoms with van der Waals surface area (Å²) < 4.78 is 12.1. The van der Waals surface area contributed by atoms with Crippen LogP contribution in [0.5, 0.6) is 0 Å². The third-order valence-electron chi connectivity index (χ3n) is 0.684. The Balaban J connectivity index is 3.15. The zero-order valence-electron chi connectivity index (χ0n) is 3.81. The highest BCUT2D eigenvalue weighted by molar-refractivity contribution is 7.07. The molecule has 0 N–H and O–H groups in total. The van der Waals surface area contributed by atoms with Crippen LogP contribution in [0, 0.1) is 21.8 Å². The van der Waals surface area contributed by atoms with Gasteiger partial charge in [-0.15, -0.1) is 11.3 Å². The van der Waals surface area contributed by atoms with Crippen molar-refractivity contribution < 1.29 is 4.39 Å². The first-order chi connectivity index (χ1) is 3.84. The normalized spacial score (nSPS) is 8.50. The molecule has 0 fully saturated rings. The van der Waals surface area contributed by atoms with Crippen molar-refractivity contribution in [1.82, 2.24) is 0 Å². The van der Waals surface area contributed by atoms with Crippen LogP contribution in [0.2, 0.25) is 0 Å². The van der Waals surface area contributed by atoms with E-state index in [1.54, 1.807) is 6.07 Å². The third-order valence-corrected chi connectivity index (χ3v) is 1.32. The summed E-state index contributed by atoms with van der Waals surface area (Å²) in [6, 6.07) is 3.01. The molecule has 0 aromatic carbocycles. The molecule has 1 aromatic rings. The summed E-state index contributed by atoms with van der Waals surface area (Å²) >= 11 is 0.815. The zero-order chi connectivity index (χ0) is 5.98. The Morgan fingerprint density at radius 3 is 2.88 bits per heavy atom. The topological polar surface area (TPSA) is 23.8 Å². The van der Waals surface area contributed by atoms with Gasteiger partial charge in [0.25, 0.3) is 0 Å². The SMILES string of the molecule is N#Cc1c[c]sc1F. The highest BCUT2D eigenvalue weighted by Gasteiger charge is 1.98. The molecule has 0 amide bonds. The van der Waals surface area contributed by atoms with Crippen molar-refractivity contribution in [1.29, 1.82) is 5.26 Å². The van der Waals surface area contributed by atoms with Crippen molar-refractivity contribution in [3.05, 3.63) is 22.1 Å². The predicted molar refractivity (Wildman–Crippen MR) is 27.8 cm³/mol. The van der Waals surface area contributed by atoms with E-state index in [9.17, 15) is 4.39 Å². The Morgan fingerprint density at radius 1 is 1.88 bits per heavy atom. The van der Waals surface area contributed by atoms with Gasteiger partial charge in [-0.25, -0.2) is 0 Å². The average molecular weight is 126 g/mol. The van der Waals surface area contributed by atoms with Gasteiger partial charge in [0.15, 0.2) is 5.13 Å². The number of hydrogen-bond acceptors (Lipinski definition) is 2. The maximum Gasteiger partial charge on any atom is 0.194 e. The summed E-state index contributed by atoms with van der Waals surface area (Å²) in [5, 5.41) is 10.1. The number of rotatable bonds is 0. The first-order valence-electron chi connectivity index (χ1n) is 1.90. The van der Waals surface area contributed by atoms with Gasteiger partial charge in [0, 0.05) is 5.38 Å². The molecule has 0 aliphatic heterocycles. The third kappa shape index (κ3) is 0.703. The van der Waals surface area contributed by atoms with E-state index in [2.05, 4.69) is 5.38 Å². The maximum absolute atomic E-state index is 12.1. The van der Waals surface area contributed by atoms with Crippen LogP contribution in [0.1, 0.15) is 5.56 Å². The predicted octanol–water partition coefficient (Wildman–Crippen LogP) is 1.56. The zero-order valence-corrected chi connectivity index (χ0v) is 4.63. The van der Waals surface area contributed by atoms with Crippen molar-refractivity contribution in [3.63, 3.8) is 0 Å². The number of nitriles is 1. The summed E-state index contributed by atoms with van der Waals surface area (Å²) in [7, 11) is 0. The van der Waals surface area contributed by atoms with Crippen molar-refractivity contribution >= 4 is 11.3 Å². The van der Waals surface area contributed by atoms with Crippen LogP contribution in [0.25, 0.3) is 0 Å². The Morgan fingerprint density at radius 2 is 2.62 bits per heavy atom. The molecule has 0 saturated heterocycles. The second kappa shape index (κ2) is 1.93. The molecule has 1 aromatic heterocycles. The first kappa shape index (κ1) is 5.26. The van der Waals surface area contributed by atoms with Gasteiger partial charge >= 0.3 is 0 Å². The maximum atomic E-state index is 12.1. The van der Waals surface area contributed by atoms with E-state index >= 15 is 0 Å². The lowest BCUT2D eigenvalue weighted by molar-refractivity contribution is 0.654. The van der Waals surface area contributed by atoms with Gasteiger partial charge in [0.1, 0.15) is 6.07 Å². The molecule has 8 heavy (non-hydrogen) atoms. The molecule has 39 valence electrons. The Bertz CT molecular complexity index is 223. The van der Waals surface area contributed by atoms with E-state index in [0.717, 1.165) is 11.3 Å². The van der Waals surface area contributed by atoms with E-state index in [1.807, 2.05) is 0 Å². The molecule has 0 aliphatic carbocycles. The van der Waals surface area contributed by atoms with E-state index in [0.29, 0.717) is 0 Å². The van der Waals surface area contributed by atoms with E-state index < -0.39 is 5.13 Å². The summed E-state index contributed by atoms with van der Waals surface area (Å²) in [6.07, 6.45) is 0. The van der Waals surface area contributed by atoms with Gasteiger partial charge < -0.3 is 0 Å². The number of thiophene rings is 1. The fourth-order valence-corrected chi connectivity index (χ4v) is 0.823. The molecule has 0 saturated carbocycles. The molecule has 1 heterocycles. The number of hydrogen-bond donors (Lipinski definition) is 0. The van der Waals surface area contributed by atoms with Crippen molar-refractivity contribution in [2.24, 2.45) is 0 Å². The lowest BCUT2D eigenvalue weighted by Crippen LogP contribution is -1.66. The molecule has 1 rings (SSSR count). The molecule has 3 heteroatoms. The van der Waals surface area contributed by atoms with Gasteiger partial charge in [0.05, 0.1) is 5.56 Å². The molecular weight excluding hydrogens is 125 g/mol. The molecule has 1 radical (unpaired) electrons. The number of nitrogens with zero attached hydrogens (tertiary/aromatic N) is 1. The Labute approximate surface area is 50.0 Å². The van der Waals surface area contributed by atoms with Crippen LogP contribution in [-0.2, 0) is 0 Å². The van der Waals surface area contributed by atoms with Crippen LogP contribution in [0.4, 0.5) is 4.39 Å². The summed E-state index contributed by atoms with van der Waals surface area (Å²) in [4.78, 5) is 0. The van der Waals surface area contributed by atoms with E-state index in [1.165, 1.54) is 6.07 Å². The molecule has 0 spiro atoms. The molecule has 0 unspecified atom stereocenters. The van der Waals surface area contributed by atoms with Gasteiger partial charge in [-0.05, 0) is 6.07 Å². The highest BCUT2D eigenvalue weighted by atomic mass is 32.1. The molecule has 0 aliphatic rings. The standard InChI is InChI=1S/C5HFNS/c6-5-4(3-7)1-2-8-5/h1H. The smallest absolute Gasteiger partial charge is 0.194 e. The second-order valence-corrected chi connectivity index (χ2v) is 1.96. The van der Waals surface area contributed by atoms with Crippen LogP contribution in [-0.4, -0.2) is 0 Å². The number of halogens is 1.